The Morgan fingerprint density at radius 1 is 1.32 bits per heavy atom. The molecule has 2 aromatic rings. The Morgan fingerprint density at radius 2 is 2.11 bits per heavy atom. The first-order valence-electron chi connectivity index (χ1n) is 5.88. The molecule has 0 amide bonds. The molecule has 2 rings (SSSR count). The van der Waals surface area contributed by atoms with Gasteiger partial charge in [0.1, 0.15) is 11.5 Å². The van der Waals surface area contributed by atoms with Crippen molar-refractivity contribution < 1.29 is 13.2 Å². The molecule has 104 valence electrons. The molecule has 0 aromatic carbocycles. The van der Waals surface area contributed by atoms with Gasteiger partial charge in [-0.05, 0) is 41.4 Å². The van der Waals surface area contributed by atoms with Crippen LogP contribution in [0.4, 0.5) is 8.78 Å². The van der Waals surface area contributed by atoms with Crippen LogP contribution in [0.2, 0.25) is 0 Å². The third kappa shape index (κ3) is 4.63. The molecule has 2 nitrogen and oxygen atoms in total. The Balaban J connectivity index is 1.80. The van der Waals surface area contributed by atoms with Crippen LogP contribution in [-0.4, -0.2) is 5.76 Å². The smallest absolute Gasteiger partial charge is 0.284 e. The van der Waals surface area contributed by atoms with Crippen LogP contribution in [0.15, 0.2) is 33.4 Å². The number of thiophene rings is 1. The predicted octanol–water partition coefficient (Wildman–Crippen LogP) is 4.65. The lowest BCUT2D eigenvalue weighted by molar-refractivity contribution is 0.251. The van der Waals surface area contributed by atoms with E-state index in [1.807, 2.05) is 11.4 Å². The molecule has 2 aromatic heterocycles. The summed E-state index contributed by atoms with van der Waals surface area (Å²) in [7, 11) is 0. The zero-order chi connectivity index (χ0) is 13.7. The lowest BCUT2D eigenvalue weighted by Gasteiger charge is -2.10. The molecule has 1 unspecified atom stereocenters. The molecule has 0 aliphatic rings. The van der Waals surface area contributed by atoms with Crippen molar-refractivity contribution in [2.75, 3.05) is 0 Å². The van der Waals surface area contributed by atoms with Gasteiger partial charge in [-0.25, -0.2) is 0 Å². The van der Waals surface area contributed by atoms with Crippen LogP contribution in [-0.2, 0) is 12.3 Å². The van der Waals surface area contributed by atoms with Crippen LogP contribution in [0.5, 0.6) is 0 Å². The third-order valence-corrected chi connectivity index (χ3v) is 4.10. The molecule has 0 saturated heterocycles. The molecule has 2 heterocycles. The molecular weight excluding hydrogens is 288 g/mol. The number of thioether (sulfide) groups is 1. The molecule has 0 fully saturated rings. The molecule has 0 spiro atoms. The zero-order valence-electron chi connectivity index (χ0n) is 10.4. The monoisotopic (exact) mass is 303 g/mol. The van der Waals surface area contributed by atoms with Crippen molar-refractivity contribution in [1.29, 1.82) is 0 Å². The number of hydrogen-bond donors (Lipinski definition) is 1. The molecular formula is C13H15F2NOS2. The van der Waals surface area contributed by atoms with Crippen molar-refractivity contribution >= 4 is 23.1 Å². The molecule has 0 radical (unpaired) electrons. The summed E-state index contributed by atoms with van der Waals surface area (Å²) in [6, 6.07) is 5.90. The summed E-state index contributed by atoms with van der Waals surface area (Å²) in [4.78, 5) is 0. The first-order chi connectivity index (χ1) is 9.15. The SMILES string of the molecule is CC(NCc1ccc(CSC(F)F)o1)c1ccsc1. The van der Waals surface area contributed by atoms with Gasteiger partial charge < -0.3 is 9.73 Å². The highest BCUT2D eigenvalue weighted by Crippen LogP contribution is 2.22. The highest BCUT2D eigenvalue weighted by atomic mass is 32.2. The van der Waals surface area contributed by atoms with Crippen LogP contribution in [0, 0.1) is 0 Å². The summed E-state index contributed by atoms with van der Waals surface area (Å²) in [5, 5.41) is 7.48. The first-order valence-corrected chi connectivity index (χ1v) is 7.87. The minimum atomic E-state index is -2.36. The summed E-state index contributed by atoms with van der Waals surface area (Å²) in [6.07, 6.45) is 0. The standard InChI is InChI=1S/C13H15F2NOS2/c1-9(10-4-5-18-7-10)16-6-11-2-3-12(17-11)8-19-13(14)15/h2-5,7,9,13,16H,6,8H2,1H3. The van der Waals surface area contributed by atoms with Gasteiger partial charge in [-0.2, -0.15) is 20.1 Å². The van der Waals surface area contributed by atoms with Crippen molar-refractivity contribution in [2.45, 2.75) is 31.0 Å². The van der Waals surface area contributed by atoms with Crippen LogP contribution >= 0.6 is 23.1 Å². The highest BCUT2D eigenvalue weighted by molar-refractivity contribution is 7.98. The molecule has 0 aliphatic heterocycles. The Kier molecular flexibility index (Phi) is 5.42. The van der Waals surface area contributed by atoms with E-state index in [1.54, 1.807) is 17.4 Å². The van der Waals surface area contributed by atoms with Crippen molar-refractivity contribution in [1.82, 2.24) is 5.32 Å². The Labute approximate surface area is 119 Å². The Morgan fingerprint density at radius 3 is 2.79 bits per heavy atom. The second-order valence-electron chi connectivity index (χ2n) is 4.10. The van der Waals surface area contributed by atoms with Crippen molar-refractivity contribution in [2.24, 2.45) is 0 Å². The fraction of sp³-hybridized carbons (Fsp3) is 0.385. The number of hydrogen-bond acceptors (Lipinski definition) is 4. The number of furan rings is 1. The number of alkyl halides is 2. The molecule has 19 heavy (non-hydrogen) atoms. The average molecular weight is 303 g/mol. The van der Waals surface area contributed by atoms with E-state index in [0.717, 1.165) is 5.76 Å². The number of nitrogens with one attached hydrogen (secondary N) is 1. The third-order valence-electron chi connectivity index (χ3n) is 2.69. The fourth-order valence-electron chi connectivity index (χ4n) is 1.63. The van der Waals surface area contributed by atoms with Crippen molar-refractivity contribution in [3.63, 3.8) is 0 Å². The van der Waals surface area contributed by atoms with Gasteiger partial charge in [0.15, 0.2) is 0 Å². The van der Waals surface area contributed by atoms with Gasteiger partial charge in [0, 0.05) is 6.04 Å². The summed E-state index contributed by atoms with van der Waals surface area (Å²) in [6.45, 7) is 2.68. The molecule has 1 atom stereocenters. The van der Waals surface area contributed by atoms with Crippen LogP contribution < -0.4 is 5.32 Å². The Hall–Kier alpha value is -0.850. The molecule has 0 aliphatic carbocycles. The van der Waals surface area contributed by atoms with E-state index in [1.165, 1.54) is 5.56 Å². The topological polar surface area (TPSA) is 25.2 Å². The minimum Gasteiger partial charge on any atom is -0.464 e. The minimum absolute atomic E-state index is 0.206. The van der Waals surface area contributed by atoms with E-state index in [2.05, 4.69) is 23.7 Å². The van der Waals surface area contributed by atoms with Crippen LogP contribution in [0.1, 0.15) is 30.0 Å². The summed E-state index contributed by atoms with van der Waals surface area (Å²) in [5.74, 6) is -0.792. The first kappa shape index (κ1) is 14.6. The fourth-order valence-corrected chi connectivity index (χ4v) is 2.83. The molecule has 0 bridgehead atoms. The Bertz CT molecular complexity index is 485. The van der Waals surface area contributed by atoms with E-state index in [-0.39, 0.29) is 11.8 Å². The molecule has 6 heteroatoms. The second-order valence-corrected chi connectivity index (χ2v) is 5.86. The summed E-state index contributed by atoms with van der Waals surface area (Å²) >= 11 is 2.24. The van der Waals surface area contributed by atoms with Gasteiger partial charge in [0.2, 0.25) is 0 Å². The number of halogens is 2. The van der Waals surface area contributed by atoms with E-state index in [4.69, 9.17) is 4.42 Å². The van der Waals surface area contributed by atoms with Gasteiger partial charge in [0.25, 0.3) is 5.76 Å². The van der Waals surface area contributed by atoms with Crippen molar-refractivity contribution in [3.05, 3.63) is 46.0 Å². The van der Waals surface area contributed by atoms with Gasteiger partial charge in [0.05, 0.1) is 12.3 Å². The normalized spacial score (nSPS) is 13.1. The quantitative estimate of drug-likeness (QED) is 0.806. The largest absolute Gasteiger partial charge is 0.464 e. The maximum atomic E-state index is 12.0. The molecule has 1 N–H and O–H groups in total. The van der Waals surface area contributed by atoms with Crippen molar-refractivity contribution in [3.8, 4) is 0 Å². The highest BCUT2D eigenvalue weighted by Gasteiger charge is 2.09. The second kappa shape index (κ2) is 7.07. The van der Waals surface area contributed by atoms with E-state index in [0.29, 0.717) is 24.1 Å². The van der Waals surface area contributed by atoms with Gasteiger partial charge in [-0.3, -0.25) is 0 Å². The maximum Gasteiger partial charge on any atom is 0.284 e. The van der Waals surface area contributed by atoms with E-state index in [9.17, 15) is 8.78 Å². The summed E-state index contributed by atoms with van der Waals surface area (Å²) < 4.78 is 29.6. The summed E-state index contributed by atoms with van der Waals surface area (Å²) in [5.41, 5.74) is 1.24. The van der Waals surface area contributed by atoms with Gasteiger partial charge >= 0.3 is 0 Å². The van der Waals surface area contributed by atoms with Gasteiger partial charge in [-0.15, -0.1) is 0 Å². The maximum absolute atomic E-state index is 12.0. The van der Waals surface area contributed by atoms with Gasteiger partial charge in [-0.1, -0.05) is 11.8 Å². The average Bonchev–Trinajstić information content (AvgIpc) is 3.04. The predicted molar refractivity (Wildman–Crippen MR) is 75.6 cm³/mol. The molecule has 0 saturated carbocycles. The van der Waals surface area contributed by atoms with Crippen LogP contribution in [0.25, 0.3) is 0 Å². The van der Waals surface area contributed by atoms with E-state index < -0.39 is 5.76 Å². The van der Waals surface area contributed by atoms with E-state index >= 15 is 0 Å². The lowest BCUT2D eigenvalue weighted by Crippen LogP contribution is -2.17. The zero-order valence-corrected chi connectivity index (χ0v) is 12.1. The number of rotatable bonds is 7. The lowest BCUT2D eigenvalue weighted by atomic mass is 10.2. The van der Waals surface area contributed by atoms with Crippen LogP contribution in [0.3, 0.4) is 0 Å².